The van der Waals surface area contributed by atoms with E-state index in [-0.39, 0.29) is 5.56 Å². The smallest absolute Gasteiger partial charge is 0.277 e. The fraction of sp³-hybridized carbons (Fsp3) is 0. The fourth-order valence-corrected chi connectivity index (χ4v) is 2.36. The predicted octanol–water partition coefficient (Wildman–Crippen LogP) is 2.75. The molecule has 0 spiro atoms. The summed E-state index contributed by atoms with van der Waals surface area (Å²) in [5.74, 6) is -0.798. The van der Waals surface area contributed by atoms with Crippen LogP contribution in [0.4, 0.5) is 11.4 Å². The minimum Gasteiger partial charge on any atom is -0.361 e. The number of para-hydroxylation sites is 1. The van der Waals surface area contributed by atoms with Crippen molar-refractivity contribution in [3.05, 3.63) is 80.0 Å². The molecule has 2 aromatic carbocycles. The molecule has 0 aliphatic heterocycles. The Morgan fingerprint density at radius 1 is 1.08 bits per heavy atom. The Morgan fingerprint density at radius 2 is 1.73 bits per heavy atom. The number of nitro benzene ring substituents is 2. The lowest BCUT2D eigenvalue weighted by molar-refractivity contribution is -0.394. The molecule has 10 nitrogen and oxygen atoms in total. The molecular formula is C16H11N5O5. The largest absolute Gasteiger partial charge is 0.361 e. The van der Waals surface area contributed by atoms with E-state index in [1.54, 1.807) is 6.20 Å². The first kappa shape index (κ1) is 16.8. The minimum atomic E-state index is -0.807. The maximum absolute atomic E-state index is 12.1. The Bertz CT molecular complexity index is 1020. The highest BCUT2D eigenvalue weighted by molar-refractivity contribution is 6.00. The van der Waals surface area contributed by atoms with Crippen molar-refractivity contribution in [1.82, 2.24) is 10.4 Å². The Balaban J connectivity index is 1.81. The van der Waals surface area contributed by atoms with Crippen LogP contribution in [0, 0.1) is 20.2 Å². The Morgan fingerprint density at radius 3 is 2.38 bits per heavy atom. The van der Waals surface area contributed by atoms with Crippen LogP contribution < -0.4 is 5.43 Å². The van der Waals surface area contributed by atoms with Gasteiger partial charge in [-0.25, -0.2) is 5.43 Å². The molecule has 0 saturated carbocycles. The van der Waals surface area contributed by atoms with E-state index < -0.39 is 27.1 Å². The van der Waals surface area contributed by atoms with E-state index in [2.05, 4.69) is 15.5 Å². The van der Waals surface area contributed by atoms with E-state index in [9.17, 15) is 25.0 Å². The monoisotopic (exact) mass is 353 g/mol. The van der Waals surface area contributed by atoms with Crippen LogP contribution in [-0.4, -0.2) is 27.0 Å². The van der Waals surface area contributed by atoms with E-state index >= 15 is 0 Å². The van der Waals surface area contributed by atoms with Crippen LogP contribution in [0.15, 0.2) is 53.8 Å². The van der Waals surface area contributed by atoms with Crippen molar-refractivity contribution in [2.45, 2.75) is 0 Å². The van der Waals surface area contributed by atoms with Crippen molar-refractivity contribution in [3.63, 3.8) is 0 Å². The normalized spacial score (nSPS) is 10.9. The Labute approximate surface area is 145 Å². The number of rotatable bonds is 5. The molecule has 0 fully saturated rings. The molecule has 0 unspecified atom stereocenters. The summed E-state index contributed by atoms with van der Waals surface area (Å²) in [6.07, 6.45) is 3.11. The number of hydrazone groups is 1. The van der Waals surface area contributed by atoms with Crippen LogP contribution in [0.5, 0.6) is 0 Å². The number of aromatic amines is 1. The van der Waals surface area contributed by atoms with Gasteiger partial charge in [-0.15, -0.1) is 0 Å². The first-order chi connectivity index (χ1) is 12.5. The van der Waals surface area contributed by atoms with Crippen LogP contribution in [0.3, 0.4) is 0 Å². The van der Waals surface area contributed by atoms with Crippen LogP contribution in [-0.2, 0) is 0 Å². The van der Waals surface area contributed by atoms with Crippen LogP contribution in [0.2, 0.25) is 0 Å². The van der Waals surface area contributed by atoms with E-state index in [0.717, 1.165) is 34.7 Å². The highest BCUT2D eigenvalue weighted by Crippen LogP contribution is 2.22. The van der Waals surface area contributed by atoms with Gasteiger partial charge in [0.1, 0.15) is 0 Å². The van der Waals surface area contributed by atoms with Gasteiger partial charge in [-0.3, -0.25) is 25.0 Å². The molecule has 0 aliphatic carbocycles. The van der Waals surface area contributed by atoms with E-state index in [0.29, 0.717) is 0 Å². The lowest BCUT2D eigenvalue weighted by atomic mass is 10.1. The Hall–Kier alpha value is -4.08. The third-order valence-corrected chi connectivity index (χ3v) is 3.58. The highest BCUT2D eigenvalue weighted by Gasteiger charge is 2.19. The summed E-state index contributed by atoms with van der Waals surface area (Å²) in [6, 6.07) is 10.2. The molecule has 10 heteroatoms. The maximum atomic E-state index is 12.1. The molecule has 0 bridgehead atoms. The summed E-state index contributed by atoms with van der Waals surface area (Å²) in [5.41, 5.74) is 2.49. The van der Waals surface area contributed by atoms with Crippen molar-refractivity contribution >= 4 is 34.4 Å². The molecule has 1 heterocycles. The molecule has 130 valence electrons. The van der Waals surface area contributed by atoms with Gasteiger partial charge < -0.3 is 4.98 Å². The molecule has 3 rings (SSSR count). The van der Waals surface area contributed by atoms with Crippen molar-refractivity contribution in [1.29, 1.82) is 0 Å². The van der Waals surface area contributed by atoms with E-state index in [1.165, 1.54) is 6.21 Å². The molecule has 26 heavy (non-hydrogen) atoms. The number of hydrogen-bond acceptors (Lipinski definition) is 6. The zero-order chi connectivity index (χ0) is 18.7. The number of fused-ring (bicyclic) bond motifs is 1. The summed E-state index contributed by atoms with van der Waals surface area (Å²) in [4.78, 5) is 35.3. The second kappa shape index (κ2) is 6.81. The molecule has 1 aromatic heterocycles. The van der Waals surface area contributed by atoms with Gasteiger partial charge in [0.05, 0.1) is 27.7 Å². The average Bonchev–Trinajstić information content (AvgIpc) is 3.04. The number of aromatic nitrogens is 1. The van der Waals surface area contributed by atoms with Gasteiger partial charge in [0.15, 0.2) is 0 Å². The second-order valence-corrected chi connectivity index (χ2v) is 5.24. The van der Waals surface area contributed by atoms with Crippen molar-refractivity contribution in [2.24, 2.45) is 5.10 Å². The first-order valence-electron chi connectivity index (χ1n) is 7.29. The SMILES string of the molecule is O=C(NN=Cc1c[nH]c2ccccc12)c1cc([N+](=O)[O-])cc([N+](=O)[O-])c1. The van der Waals surface area contributed by atoms with Crippen LogP contribution in [0.1, 0.15) is 15.9 Å². The van der Waals surface area contributed by atoms with Gasteiger partial charge in [-0.2, -0.15) is 5.10 Å². The molecule has 0 atom stereocenters. The molecular weight excluding hydrogens is 342 g/mol. The Kier molecular flexibility index (Phi) is 4.39. The quantitative estimate of drug-likeness (QED) is 0.412. The van der Waals surface area contributed by atoms with Gasteiger partial charge in [0, 0.05) is 34.8 Å². The third kappa shape index (κ3) is 3.38. The first-order valence-corrected chi connectivity index (χ1v) is 7.29. The van der Waals surface area contributed by atoms with Crippen LogP contribution in [0.25, 0.3) is 10.9 Å². The number of non-ortho nitro benzene ring substituents is 2. The number of carbonyl (C=O) groups excluding carboxylic acids is 1. The third-order valence-electron chi connectivity index (χ3n) is 3.58. The fourth-order valence-electron chi connectivity index (χ4n) is 2.36. The van der Waals surface area contributed by atoms with Gasteiger partial charge in [0.2, 0.25) is 0 Å². The zero-order valence-corrected chi connectivity index (χ0v) is 13.1. The van der Waals surface area contributed by atoms with Crippen molar-refractivity contribution in [3.8, 4) is 0 Å². The van der Waals surface area contributed by atoms with Crippen LogP contribution >= 0.6 is 0 Å². The summed E-state index contributed by atoms with van der Waals surface area (Å²) in [5, 5.41) is 26.4. The summed E-state index contributed by atoms with van der Waals surface area (Å²) >= 11 is 0. The van der Waals surface area contributed by atoms with Gasteiger partial charge >= 0.3 is 0 Å². The number of H-pyrrole nitrogens is 1. The predicted molar refractivity (Wildman–Crippen MR) is 93.1 cm³/mol. The number of nitrogens with one attached hydrogen (secondary N) is 2. The molecule has 0 radical (unpaired) electrons. The van der Waals surface area contributed by atoms with Gasteiger partial charge in [0.25, 0.3) is 17.3 Å². The van der Waals surface area contributed by atoms with Gasteiger partial charge in [-0.1, -0.05) is 18.2 Å². The van der Waals surface area contributed by atoms with Crippen molar-refractivity contribution in [2.75, 3.05) is 0 Å². The summed E-state index contributed by atoms with van der Waals surface area (Å²) in [6.45, 7) is 0. The highest BCUT2D eigenvalue weighted by atomic mass is 16.6. The lowest BCUT2D eigenvalue weighted by Crippen LogP contribution is -2.18. The molecule has 0 aliphatic rings. The zero-order valence-electron chi connectivity index (χ0n) is 13.1. The lowest BCUT2D eigenvalue weighted by Gasteiger charge is -2.00. The molecule has 1 amide bonds. The van der Waals surface area contributed by atoms with Gasteiger partial charge in [-0.05, 0) is 6.07 Å². The summed E-state index contributed by atoms with van der Waals surface area (Å²) in [7, 11) is 0. The summed E-state index contributed by atoms with van der Waals surface area (Å²) < 4.78 is 0. The maximum Gasteiger partial charge on any atom is 0.277 e. The molecule has 3 aromatic rings. The van der Waals surface area contributed by atoms with E-state index in [4.69, 9.17) is 0 Å². The number of benzene rings is 2. The number of amides is 1. The minimum absolute atomic E-state index is 0.234. The molecule has 2 N–H and O–H groups in total. The number of nitrogens with zero attached hydrogens (tertiary/aromatic N) is 3. The number of hydrogen-bond donors (Lipinski definition) is 2. The number of carbonyl (C=O) groups is 1. The van der Waals surface area contributed by atoms with Crippen molar-refractivity contribution < 1.29 is 14.6 Å². The number of nitro groups is 2. The second-order valence-electron chi connectivity index (χ2n) is 5.24. The average molecular weight is 353 g/mol. The standard InChI is InChI=1S/C16H11N5O5/c22-16(10-5-12(20(23)24)7-13(6-10)21(25)26)19-18-9-11-8-17-15-4-2-1-3-14(11)15/h1-9,17H,(H,19,22). The topological polar surface area (TPSA) is 144 Å². The molecule has 0 saturated heterocycles. The van der Waals surface area contributed by atoms with E-state index in [1.807, 2.05) is 24.3 Å².